The number of hydrogen-bond acceptors (Lipinski definition) is 1. The number of aromatic nitrogens is 2. The third-order valence-electron chi connectivity index (χ3n) is 12.9. The van der Waals surface area contributed by atoms with E-state index >= 15 is 0 Å². The van der Waals surface area contributed by atoms with E-state index in [1.54, 1.807) is 0 Å². The van der Waals surface area contributed by atoms with Gasteiger partial charge in [-0.1, -0.05) is 158 Å². The summed E-state index contributed by atoms with van der Waals surface area (Å²) in [7, 11) is 0. The molecule has 3 heteroatoms. The van der Waals surface area contributed by atoms with Crippen LogP contribution in [-0.2, 0) is 5.41 Å². The maximum atomic E-state index is 9.51. The molecule has 0 N–H and O–H groups in total. The molecular formula is C56H37N3. The van der Waals surface area contributed by atoms with Crippen LogP contribution in [0.4, 0.5) is 0 Å². The zero-order chi connectivity index (χ0) is 39.1. The molecule has 0 amide bonds. The van der Waals surface area contributed by atoms with Crippen LogP contribution in [0.15, 0.2) is 206 Å². The Hall–Kier alpha value is -7.67. The van der Waals surface area contributed by atoms with E-state index in [2.05, 4.69) is 215 Å². The van der Waals surface area contributed by atoms with E-state index < -0.39 is 5.41 Å². The monoisotopic (exact) mass is 751 g/mol. The predicted molar refractivity (Wildman–Crippen MR) is 244 cm³/mol. The topological polar surface area (TPSA) is 33.6 Å². The van der Waals surface area contributed by atoms with Crippen molar-refractivity contribution in [1.82, 2.24) is 9.13 Å². The molecule has 2 aliphatic rings. The molecule has 2 aliphatic carbocycles. The first-order chi connectivity index (χ1) is 29.2. The normalized spacial score (nSPS) is 15.4. The summed E-state index contributed by atoms with van der Waals surface area (Å²) in [5, 5.41) is 14.4. The summed E-state index contributed by atoms with van der Waals surface area (Å²) in [5.41, 5.74) is 16.5. The van der Waals surface area contributed by atoms with Gasteiger partial charge in [0.25, 0.3) is 0 Å². The summed E-state index contributed by atoms with van der Waals surface area (Å²) in [6.45, 7) is 0. The van der Waals surface area contributed by atoms with Crippen LogP contribution in [0.1, 0.15) is 28.7 Å². The molecule has 1 atom stereocenters. The van der Waals surface area contributed by atoms with Crippen LogP contribution in [0.3, 0.4) is 0 Å². The molecule has 1 unspecified atom stereocenters. The van der Waals surface area contributed by atoms with Gasteiger partial charge in [0.05, 0.1) is 45.2 Å². The second-order valence-electron chi connectivity index (χ2n) is 15.9. The van der Waals surface area contributed by atoms with E-state index in [1.165, 1.54) is 88.3 Å². The van der Waals surface area contributed by atoms with E-state index in [-0.39, 0.29) is 5.92 Å². The Morgan fingerprint density at radius 1 is 0.492 bits per heavy atom. The van der Waals surface area contributed by atoms with E-state index in [9.17, 15) is 5.26 Å². The number of fused-ring (bicyclic) bond motifs is 9. The number of nitriles is 1. The molecule has 276 valence electrons. The van der Waals surface area contributed by atoms with E-state index in [0.29, 0.717) is 0 Å². The van der Waals surface area contributed by atoms with Crippen LogP contribution >= 0.6 is 0 Å². The highest BCUT2D eigenvalue weighted by atomic mass is 15.0. The number of allylic oxidation sites excluding steroid dienone is 4. The highest BCUT2D eigenvalue weighted by molar-refractivity contribution is 6.13. The summed E-state index contributed by atoms with van der Waals surface area (Å²) in [6, 6.07) is 71.8. The Kier molecular flexibility index (Phi) is 7.33. The van der Waals surface area contributed by atoms with Gasteiger partial charge >= 0.3 is 0 Å². The molecule has 0 saturated carbocycles. The van der Waals surface area contributed by atoms with Crippen molar-refractivity contribution in [3.63, 3.8) is 0 Å². The Balaban J connectivity index is 1.08. The van der Waals surface area contributed by atoms with Crippen molar-refractivity contribution in [2.24, 2.45) is 5.92 Å². The van der Waals surface area contributed by atoms with Gasteiger partial charge in [-0.05, 0) is 93.9 Å². The molecule has 0 saturated heterocycles. The number of rotatable bonds is 5. The lowest BCUT2D eigenvalue weighted by atomic mass is 9.67. The SMILES string of the molecule is N#CC1C=CC(n2c3ccccc3c3cc(-c4ccc5c(c4)c4ccccc4n5-c4cccc5c4C(c4ccccc4)(c4ccccc4)c4ccccc4-5)ccc32)=CC1. The summed E-state index contributed by atoms with van der Waals surface area (Å²) in [4.78, 5) is 0. The van der Waals surface area contributed by atoms with Crippen molar-refractivity contribution in [3.05, 3.63) is 229 Å². The van der Waals surface area contributed by atoms with Crippen LogP contribution in [0.5, 0.6) is 0 Å². The van der Waals surface area contributed by atoms with Gasteiger partial charge in [-0.2, -0.15) is 5.26 Å². The first-order valence-corrected chi connectivity index (χ1v) is 20.4. The zero-order valence-electron chi connectivity index (χ0n) is 32.3. The second kappa shape index (κ2) is 12.9. The van der Waals surface area contributed by atoms with Crippen LogP contribution < -0.4 is 0 Å². The fraction of sp³-hybridized carbons (Fsp3) is 0.0536. The second-order valence-corrected chi connectivity index (χ2v) is 15.9. The van der Waals surface area contributed by atoms with Gasteiger partial charge < -0.3 is 9.13 Å². The standard InChI is InChI=1S/C56H37N3/c57-36-37-26-30-42(31-27-37)58-50-23-11-8-19-44(50)47-34-38(28-32-52(47)58)39-29-33-53-48(35-39)45-20-9-12-24-51(45)59(53)54-25-13-21-46-43-18-7-10-22-49(43)56(55(46)54,40-14-3-1-4-15-40)41-16-5-2-6-17-41/h1-26,28-35,37H,27H2. The van der Waals surface area contributed by atoms with E-state index in [4.69, 9.17) is 0 Å². The lowest BCUT2D eigenvalue weighted by Crippen LogP contribution is -2.29. The first-order valence-electron chi connectivity index (χ1n) is 20.4. The Labute approximate surface area is 342 Å². The summed E-state index contributed by atoms with van der Waals surface area (Å²) in [6.07, 6.45) is 7.05. The molecule has 3 nitrogen and oxygen atoms in total. The minimum atomic E-state index is -0.530. The molecule has 0 fully saturated rings. The molecule has 0 bridgehead atoms. The lowest BCUT2D eigenvalue weighted by molar-refractivity contribution is 0.762. The highest BCUT2D eigenvalue weighted by Gasteiger charge is 2.48. The van der Waals surface area contributed by atoms with Crippen molar-refractivity contribution < 1.29 is 0 Å². The quantitative estimate of drug-likeness (QED) is 0.172. The molecule has 10 aromatic rings. The maximum Gasteiger partial charge on any atom is 0.0734 e. The van der Waals surface area contributed by atoms with Crippen LogP contribution in [0, 0.1) is 17.2 Å². The average molecular weight is 752 g/mol. The van der Waals surface area contributed by atoms with Crippen LogP contribution in [0.25, 0.3) is 77.2 Å². The Bertz CT molecular complexity index is 3390. The fourth-order valence-corrected chi connectivity index (χ4v) is 10.4. The van der Waals surface area contributed by atoms with Crippen molar-refractivity contribution >= 4 is 49.3 Å². The van der Waals surface area contributed by atoms with Gasteiger partial charge in [0.1, 0.15) is 0 Å². The third kappa shape index (κ3) is 4.75. The van der Waals surface area contributed by atoms with Crippen LogP contribution in [-0.4, -0.2) is 9.13 Å². The van der Waals surface area contributed by atoms with Gasteiger partial charge in [-0.25, -0.2) is 0 Å². The van der Waals surface area contributed by atoms with Gasteiger partial charge in [0.2, 0.25) is 0 Å². The molecular weight excluding hydrogens is 715 g/mol. The van der Waals surface area contributed by atoms with Gasteiger partial charge in [0.15, 0.2) is 0 Å². The summed E-state index contributed by atoms with van der Waals surface area (Å²) in [5.74, 6) is -0.0753. The van der Waals surface area contributed by atoms with Gasteiger partial charge in [-0.15, -0.1) is 0 Å². The number of para-hydroxylation sites is 2. The fourth-order valence-electron chi connectivity index (χ4n) is 10.4. The Morgan fingerprint density at radius 3 is 1.66 bits per heavy atom. The van der Waals surface area contributed by atoms with Crippen molar-refractivity contribution in [1.29, 1.82) is 5.26 Å². The molecule has 8 aromatic carbocycles. The van der Waals surface area contributed by atoms with Gasteiger partial charge in [0, 0.05) is 32.8 Å². The molecule has 0 aliphatic heterocycles. The maximum absolute atomic E-state index is 9.51. The molecule has 0 radical (unpaired) electrons. The van der Waals surface area contributed by atoms with Gasteiger partial charge in [-0.3, -0.25) is 0 Å². The zero-order valence-corrected chi connectivity index (χ0v) is 32.3. The lowest BCUT2D eigenvalue weighted by Gasteiger charge is -2.35. The van der Waals surface area contributed by atoms with Crippen molar-refractivity contribution in [2.75, 3.05) is 0 Å². The summed E-state index contributed by atoms with van der Waals surface area (Å²) >= 11 is 0. The number of nitrogens with zero attached hydrogens (tertiary/aromatic N) is 3. The minimum absolute atomic E-state index is 0.0753. The number of hydrogen-bond donors (Lipinski definition) is 0. The average Bonchev–Trinajstić information content (AvgIpc) is 3.94. The van der Waals surface area contributed by atoms with E-state index in [1.807, 2.05) is 6.08 Å². The molecule has 2 heterocycles. The predicted octanol–water partition coefficient (Wildman–Crippen LogP) is 13.9. The molecule has 59 heavy (non-hydrogen) atoms. The molecule has 0 spiro atoms. The first kappa shape index (κ1) is 33.5. The minimum Gasteiger partial charge on any atom is -0.310 e. The summed E-state index contributed by atoms with van der Waals surface area (Å²) < 4.78 is 4.86. The van der Waals surface area contributed by atoms with Crippen molar-refractivity contribution in [2.45, 2.75) is 11.8 Å². The smallest absolute Gasteiger partial charge is 0.0734 e. The third-order valence-corrected chi connectivity index (χ3v) is 12.9. The van der Waals surface area contributed by atoms with Crippen LogP contribution in [0.2, 0.25) is 0 Å². The van der Waals surface area contributed by atoms with E-state index in [0.717, 1.165) is 17.6 Å². The number of benzene rings is 8. The van der Waals surface area contributed by atoms with Crippen molar-refractivity contribution in [3.8, 4) is 34.0 Å². The molecule has 12 rings (SSSR count). The highest BCUT2D eigenvalue weighted by Crippen LogP contribution is 2.58. The largest absolute Gasteiger partial charge is 0.310 e. The molecule has 2 aromatic heterocycles. The Morgan fingerprint density at radius 2 is 1.03 bits per heavy atom.